The van der Waals surface area contributed by atoms with Gasteiger partial charge in [-0.3, -0.25) is 4.79 Å². The molecule has 0 atom stereocenters. The fourth-order valence-electron chi connectivity index (χ4n) is 2.28. The van der Waals surface area contributed by atoms with Gasteiger partial charge in [0.15, 0.2) is 0 Å². The SMILES string of the molecule is C=CCCCCCCCC.CCCCCCCCC(=O)C(F)(F)F. The second-order valence-electron chi connectivity index (χ2n) is 6.28. The molecule has 0 N–H and O–H groups in total. The minimum atomic E-state index is -4.64. The highest BCUT2D eigenvalue weighted by molar-refractivity contribution is 5.83. The molecule has 0 spiro atoms. The van der Waals surface area contributed by atoms with Crippen LogP contribution >= 0.6 is 0 Å². The second-order valence-corrected chi connectivity index (χ2v) is 6.28. The van der Waals surface area contributed by atoms with Gasteiger partial charge in [0.25, 0.3) is 0 Å². The van der Waals surface area contributed by atoms with Gasteiger partial charge in [-0.15, -0.1) is 6.58 Å². The summed E-state index contributed by atoms with van der Waals surface area (Å²) in [5.41, 5.74) is 0. The number of carbonyl (C=O) groups is 1. The molecule has 24 heavy (non-hydrogen) atoms. The maximum absolute atomic E-state index is 11.7. The van der Waals surface area contributed by atoms with Crippen molar-refractivity contribution in [3.8, 4) is 0 Å². The summed E-state index contributed by atoms with van der Waals surface area (Å²) in [5.74, 6) is -1.59. The number of rotatable bonds is 14. The Kier molecular flexibility index (Phi) is 19.6. The van der Waals surface area contributed by atoms with Crippen molar-refractivity contribution in [3.05, 3.63) is 12.7 Å². The van der Waals surface area contributed by atoms with Gasteiger partial charge < -0.3 is 0 Å². The second kappa shape index (κ2) is 18.5. The van der Waals surface area contributed by atoms with Crippen LogP contribution in [0.4, 0.5) is 13.2 Å². The number of alkyl halides is 3. The monoisotopic (exact) mass is 350 g/mol. The Bertz CT molecular complexity index is 285. The molecule has 0 aliphatic carbocycles. The van der Waals surface area contributed by atoms with Gasteiger partial charge in [0.05, 0.1) is 0 Å². The number of Topliss-reactive ketones (excluding diaryl/α,β-unsaturated/α-hetero) is 1. The van der Waals surface area contributed by atoms with Crippen molar-refractivity contribution < 1.29 is 18.0 Å². The third-order valence-electron chi connectivity index (χ3n) is 3.84. The van der Waals surface area contributed by atoms with Crippen molar-refractivity contribution in [1.29, 1.82) is 0 Å². The van der Waals surface area contributed by atoms with E-state index >= 15 is 0 Å². The van der Waals surface area contributed by atoms with Crippen LogP contribution in [-0.2, 0) is 4.79 Å². The van der Waals surface area contributed by atoms with Crippen molar-refractivity contribution in [1.82, 2.24) is 0 Å². The highest BCUT2D eigenvalue weighted by Crippen LogP contribution is 2.19. The fourth-order valence-corrected chi connectivity index (χ4v) is 2.28. The minimum Gasteiger partial charge on any atom is -0.290 e. The zero-order chi connectivity index (χ0) is 18.7. The lowest BCUT2D eigenvalue weighted by atomic mass is 10.1. The summed E-state index contributed by atoms with van der Waals surface area (Å²) in [5, 5.41) is 0. The fraction of sp³-hybridized carbons (Fsp3) is 0.850. The molecule has 0 fully saturated rings. The quantitative estimate of drug-likeness (QED) is 0.231. The molecule has 144 valence electrons. The van der Waals surface area contributed by atoms with Gasteiger partial charge in [-0.2, -0.15) is 13.2 Å². The molecular weight excluding hydrogens is 313 g/mol. The Hall–Kier alpha value is -0.800. The molecule has 0 heterocycles. The maximum Gasteiger partial charge on any atom is 0.449 e. The predicted molar refractivity (Wildman–Crippen MR) is 97.2 cm³/mol. The first kappa shape index (κ1) is 25.4. The molecule has 0 aliphatic rings. The van der Waals surface area contributed by atoms with E-state index in [1.165, 1.54) is 44.9 Å². The number of hydrogen-bond donors (Lipinski definition) is 0. The molecule has 0 amide bonds. The average molecular weight is 351 g/mol. The average Bonchev–Trinajstić information content (AvgIpc) is 2.53. The number of hydrogen-bond acceptors (Lipinski definition) is 1. The zero-order valence-electron chi connectivity index (χ0n) is 15.7. The molecule has 0 bridgehead atoms. The van der Waals surface area contributed by atoms with Gasteiger partial charge in [-0.05, 0) is 19.3 Å². The van der Waals surface area contributed by atoms with Crippen LogP contribution in [0.3, 0.4) is 0 Å². The Labute approximate surface area is 147 Å². The Morgan fingerprint density at radius 2 is 1.21 bits per heavy atom. The van der Waals surface area contributed by atoms with Gasteiger partial charge in [-0.1, -0.05) is 84.1 Å². The Morgan fingerprint density at radius 3 is 1.62 bits per heavy atom. The van der Waals surface area contributed by atoms with Crippen LogP contribution in [0.1, 0.15) is 104 Å². The first-order chi connectivity index (χ1) is 11.4. The van der Waals surface area contributed by atoms with Crippen molar-refractivity contribution >= 4 is 5.78 Å². The summed E-state index contributed by atoms with van der Waals surface area (Å²) in [6, 6.07) is 0. The summed E-state index contributed by atoms with van der Waals surface area (Å²) in [6.45, 7) is 8.02. The molecule has 1 nitrogen and oxygen atoms in total. The van der Waals surface area contributed by atoms with Gasteiger partial charge >= 0.3 is 6.18 Å². The van der Waals surface area contributed by atoms with E-state index in [1.54, 1.807) is 0 Å². The number of unbranched alkanes of at least 4 members (excludes halogenated alkanes) is 11. The smallest absolute Gasteiger partial charge is 0.290 e. The van der Waals surface area contributed by atoms with Crippen molar-refractivity contribution in [2.75, 3.05) is 0 Å². The third kappa shape index (κ3) is 21.2. The molecule has 0 saturated heterocycles. The summed E-state index contributed by atoms with van der Waals surface area (Å²) in [4.78, 5) is 10.4. The first-order valence-corrected chi connectivity index (χ1v) is 9.61. The minimum absolute atomic E-state index is 0.352. The van der Waals surface area contributed by atoms with Gasteiger partial charge in [-0.25, -0.2) is 0 Å². The van der Waals surface area contributed by atoms with Crippen LogP contribution in [-0.4, -0.2) is 12.0 Å². The predicted octanol–water partition coefficient (Wildman–Crippen LogP) is 7.79. The lowest BCUT2D eigenvalue weighted by Crippen LogP contribution is -2.22. The standard InChI is InChI=1S/C10H17F3O.C10H20/c1-2-3-4-5-6-7-8-9(14)10(11,12)13;1-3-5-7-9-10-8-6-4-2/h2-8H2,1H3;3H,1,4-10H2,2H3. The largest absolute Gasteiger partial charge is 0.449 e. The highest BCUT2D eigenvalue weighted by Gasteiger charge is 2.36. The molecule has 0 rings (SSSR count). The van der Waals surface area contributed by atoms with E-state index in [9.17, 15) is 18.0 Å². The summed E-state index contributed by atoms with van der Waals surface area (Å²) in [7, 11) is 0. The first-order valence-electron chi connectivity index (χ1n) is 9.61. The molecule has 0 radical (unpaired) electrons. The van der Waals surface area contributed by atoms with Crippen LogP contribution in [0.5, 0.6) is 0 Å². The maximum atomic E-state index is 11.7. The number of carbonyl (C=O) groups excluding carboxylic acids is 1. The summed E-state index contributed by atoms with van der Waals surface area (Å²) >= 11 is 0. The number of ketones is 1. The van der Waals surface area contributed by atoms with Crippen LogP contribution in [0, 0.1) is 0 Å². The zero-order valence-corrected chi connectivity index (χ0v) is 15.7. The summed E-state index contributed by atoms with van der Waals surface area (Å²) in [6.07, 6.45) is 11.9. The van der Waals surface area contributed by atoms with E-state index in [0.717, 1.165) is 32.1 Å². The lowest BCUT2D eigenvalue weighted by Gasteiger charge is -2.04. The van der Waals surface area contributed by atoms with E-state index in [0.29, 0.717) is 6.42 Å². The van der Waals surface area contributed by atoms with E-state index < -0.39 is 12.0 Å². The van der Waals surface area contributed by atoms with E-state index in [-0.39, 0.29) is 6.42 Å². The topological polar surface area (TPSA) is 17.1 Å². The van der Waals surface area contributed by atoms with E-state index in [1.807, 2.05) is 6.08 Å². The lowest BCUT2D eigenvalue weighted by molar-refractivity contribution is -0.171. The van der Waals surface area contributed by atoms with Crippen LogP contribution in [0.15, 0.2) is 12.7 Å². The molecule has 0 aromatic heterocycles. The Balaban J connectivity index is 0. The van der Waals surface area contributed by atoms with Crippen molar-refractivity contribution in [2.24, 2.45) is 0 Å². The molecule has 0 aliphatic heterocycles. The van der Waals surface area contributed by atoms with E-state index in [4.69, 9.17) is 0 Å². The van der Waals surface area contributed by atoms with E-state index in [2.05, 4.69) is 20.4 Å². The van der Waals surface area contributed by atoms with Crippen LogP contribution in [0.2, 0.25) is 0 Å². The molecular formula is C20H37F3O. The van der Waals surface area contributed by atoms with Crippen molar-refractivity contribution in [3.63, 3.8) is 0 Å². The van der Waals surface area contributed by atoms with Gasteiger partial charge in [0.2, 0.25) is 5.78 Å². The number of allylic oxidation sites excluding steroid dienone is 1. The van der Waals surface area contributed by atoms with Crippen LogP contribution in [0.25, 0.3) is 0 Å². The molecule has 0 saturated carbocycles. The van der Waals surface area contributed by atoms with Crippen molar-refractivity contribution in [2.45, 2.75) is 110 Å². The molecule has 0 aromatic rings. The number of halogens is 3. The molecule has 0 unspecified atom stereocenters. The third-order valence-corrected chi connectivity index (χ3v) is 3.84. The van der Waals surface area contributed by atoms with Crippen LogP contribution < -0.4 is 0 Å². The normalized spacial score (nSPS) is 10.9. The van der Waals surface area contributed by atoms with Gasteiger partial charge in [0, 0.05) is 6.42 Å². The highest BCUT2D eigenvalue weighted by atomic mass is 19.4. The molecule has 0 aromatic carbocycles. The summed E-state index contributed by atoms with van der Waals surface area (Å²) < 4.78 is 35.2. The van der Waals surface area contributed by atoms with Gasteiger partial charge in [0.1, 0.15) is 0 Å². The molecule has 4 heteroatoms. The Morgan fingerprint density at radius 1 is 0.792 bits per heavy atom.